The molecule has 1 radical (unpaired) electrons. The molecule has 0 amide bonds. The van der Waals surface area contributed by atoms with E-state index >= 15 is 0 Å². The van der Waals surface area contributed by atoms with Gasteiger partial charge in [0, 0.05) is 5.88 Å². The standard InChI is InChI=1S/C6H12ClO/c1-3-6(8)5(2)4-7/h5-6H,3-4H2,1-2H3. The lowest BCUT2D eigenvalue weighted by atomic mass is 10.1. The minimum Gasteiger partial charge on any atom is -0.233 e. The van der Waals surface area contributed by atoms with E-state index in [1.165, 1.54) is 0 Å². The summed E-state index contributed by atoms with van der Waals surface area (Å²) in [6, 6.07) is 0. The van der Waals surface area contributed by atoms with Gasteiger partial charge in [-0.2, -0.15) is 0 Å². The topological polar surface area (TPSA) is 19.9 Å². The van der Waals surface area contributed by atoms with Crippen LogP contribution in [0.2, 0.25) is 0 Å². The van der Waals surface area contributed by atoms with Crippen molar-refractivity contribution in [2.45, 2.75) is 26.4 Å². The van der Waals surface area contributed by atoms with E-state index in [2.05, 4.69) is 0 Å². The summed E-state index contributed by atoms with van der Waals surface area (Å²) in [5.41, 5.74) is 0. The van der Waals surface area contributed by atoms with Crippen molar-refractivity contribution in [1.82, 2.24) is 0 Å². The quantitative estimate of drug-likeness (QED) is 0.528. The first kappa shape index (κ1) is 8.25. The van der Waals surface area contributed by atoms with Gasteiger partial charge in [0.25, 0.3) is 0 Å². The fourth-order valence-electron chi connectivity index (χ4n) is 0.502. The van der Waals surface area contributed by atoms with Crippen molar-refractivity contribution in [2.24, 2.45) is 5.92 Å². The minimum absolute atomic E-state index is 0.127. The number of alkyl halides is 1. The van der Waals surface area contributed by atoms with Crippen LogP contribution in [-0.2, 0) is 5.11 Å². The lowest BCUT2D eigenvalue weighted by molar-refractivity contribution is 0.0479. The SMILES string of the molecule is CCC([O])C(C)CCl. The molecule has 0 bridgehead atoms. The van der Waals surface area contributed by atoms with Crippen molar-refractivity contribution in [2.75, 3.05) is 5.88 Å². The summed E-state index contributed by atoms with van der Waals surface area (Å²) in [5.74, 6) is 0.615. The number of hydrogen-bond acceptors (Lipinski definition) is 0. The van der Waals surface area contributed by atoms with Gasteiger partial charge < -0.3 is 0 Å². The zero-order chi connectivity index (χ0) is 6.57. The molecule has 0 aromatic heterocycles. The van der Waals surface area contributed by atoms with Crippen LogP contribution in [0, 0.1) is 5.92 Å². The fraction of sp³-hybridized carbons (Fsp3) is 1.00. The van der Waals surface area contributed by atoms with E-state index in [1.807, 2.05) is 13.8 Å². The maximum Gasteiger partial charge on any atom is 0.0964 e. The van der Waals surface area contributed by atoms with Gasteiger partial charge >= 0.3 is 0 Å². The largest absolute Gasteiger partial charge is 0.233 e. The maximum absolute atomic E-state index is 10.7. The highest BCUT2D eigenvalue weighted by Gasteiger charge is 2.10. The first-order valence-electron chi connectivity index (χ1n) is 2.94. The molecule has 0 spiro atoms. The Hall–Kier alpha value is 0.250. The highest BCUT2D eigenvalue weighted by molar-refractivity contribution is 6.18. The molecule has 0 aliphatic heterocycles. The molecular formula is C6H12ClO. The Morgan fingerprint density at radius 1 is 1.62 bits per heavy atom. The Morgan fingerprint density at radius 2 is 2.12 bits per heavy atom. The predicted molar refractivity (Wildman–Crippen MR) is 34.6 cm³/mol. The highest BCUT2D eigenvalue weighted by Crippen LogP contribution is 2.07. The summed E-state index contributed by atoms with van der Waals surface area (Å²) in [6.07, 6.45) is 0.223. The number of halogens is 1. The average Bonchev–Trinajstić information content (AvgIpc) is 1.84. The van der Waals surface area contributed by atoms with Crippen LogP contribution in [0.4, 0.5) is 0 Å². The zero-order valence-corrected chi connectivity index (χ0v) is 6.11. The third kappa shape index (κ3) is 2.53. The molecule has 0 fully saturated rings. The zero-order valence-electron chi connectivity index (χ0n) is 5.36. The molecule has 0 N–H and O–H groups in total. The van der Waals surface area contributed by atoms with Crippen LogP contribution in [-0.4, -0.2) is 12.0 Å². The number of rotatable bonds is 3. The smallest absolute Gasteiger partial charge is 0.0964 e. The third-order valence-electron chi connectivity index (χ3n) is 1.28. The molecule has 0 aliphatic rings. The summed E-state index contributed by atoms with van der Waals surface area (Å²) in [5, 5.41) is 10.7. The molecule has 2 atom stereocenters. The van der Waals surface area contributed by atoms with Gasteiger partial charge in [-0.3, -0.25) is 0 Å². The minimum atomic E-state index is -0.465. The van der Waals surface area contributed by atoms with E-state index in [9.17, 15) is 5.11 Å². The third-order valence-corrected chi connectivity index (χ3v) is 1.77. The Kier molecular flexibility index (Phi) is 4.29. The second-order valence-corrected chi connectivity index (χ2v) is 2.39. The van der Waals surface area contributed by atoms with Crippen LogP contribution in [0.1, 0.15) is 20.3 Å². The maximum atomic E-state index is 10.7. The Labute approximate surface area is 55.7 Å². The lowest BCUT2D eigenvalue weighted by Crippen LogP contribution is -2.15. The van der Waals surface area contributed by atoms with E-state index < -0.39 is 6.10 Å². The lowest BCUT2D eigenvalue weighted by Gasteiger charge is -2.09. The molecular weight excluding hydrogens is 124 g/mol. The van der Waals surface area contributed by atoms with Crippen LogP contribution < -0.4 is 0 Å². The predicted octanol–water partition coefficient (Wildman–Crippen LogP) is 2.07. The van der Waals surface area contributed by atoms with Crippen molar-refractivity contribution in [3.05, 3.63) is 0 Å². The van der Waals surface area contributed by atoms with Gasteiger partial charge in [0.05, 0.1) is 6.10 Å². The van der Waals surface area contributed by atoms with Crippen LogP contribution in [0.25, 0.3) is 0 Å². The van der Waals surface area contributed by atoms with Gasteiger partial charge in [-0.05, 0) is 12.3 Å². The highest BCUT2D eigenvalue weighted by atomic mass is 35.5. The van der Waals surface area contributed by atoms with E-state index in [1.54, 1.807) is 0 Å². The van der Waals surface area contributed by atoms with Crippen LogP contribution in [0.3, 0.4) is 0 Å². The van der Waals surface area contributed by atoms with Gasteiger partial charge in [0.1, 0.15) is 0 Å². The molecule has 0 aliphatic carbocycles. The summed E-state index contributed by atoms with van der Waals surface area (Å²) in [6.45, 7) is 3.77. The molecule has 0 saturated heterocycles. The van der Waals surface area contributed by atoms with Gasteiger partial charge in [-0.25, -0.2) is 5.11 Å². The Morgan fingerprint density at radius 3 is 2.25 bits per heavy atom. The van der Waals surface area contributed by atoms with Gasteiger partial charge in [-0.1, -0.05) is 13.8 Å². The first-order valence-corrected chi connectivity index (χ1v) is 3.47. The number of hydrogen-bond donors (Lipinski definition) is 0. The molecule has 2 unspecified atom stereocenters. The monoisotopic (exact) mass is 135 g/mol. The summed E-state index contributed by atoms with van der Waals surface area (Å²) < 4.78 is 0. The van der Waals surface area contributed by atoms with E-state index in [0.29, 0.717) is 12.3 Å². The van der Waals surface area contributed by atoms with Crippen molar-refractivity contribution >= 4 is 11.6 Å². The molecule has 0 aromatic carbocycles. The van der Waals surface area contributed by atoms with Crippen molar-refractivity contribution in [3.8, 4) is 0 Å². The van der Waals surface area contributed by atoms with Gasteiger partial charge in [0.15, 0.2) is 0 Å². The molecule has 0 saturated carbocycles. The second-order valence-electron chi connectivity index (χ2n) is 2.08. The van der Waals surface area contributed by atoms with E-state index in [-0.39, 0.29) is 5.92 Å². The second kappa shape index (κ2) is 4.16. The Bertz CT molecular complexity index is 48.5. The molecule has 0 aromatic rings. The van der Waals surface area contributed by atoms with Crippen molar-refractivity contribution < 1.29 is 5.11 Å². The van der Waals surface area contributed by atoms with Crippen LogP contribution in [0.15, 0.2) is 0 Å². The normalized spacial score (nSPS) is 18.0. The first-order chi connectivity index (χ1) is 3.72. The molecule has 0 heterocycles. The summed E-state index contributed by atoms with van der Waals surface area (Å²) in [7, 11) is 0. The van der Waals surface area contributed by atoms with E-state index in [4.69, 9.17) is 11.6 Å². The Balaban J connectivity index is 3.29. The molecule has 0 rings (SSSR count). The van der Waals surface area contributed by atoms with Crippen LogP contribution >= 0.6 is 11.6 Å². The molecule has 2 heteroatoms. The van der Waals surface area contributed by atoms with Crippen molar-refractivity contribution in [1.29, 1.82) is 0 Å². The van der Waals surface area contributed by atoms with Gasteiger partial charge in [-0.15, -0.1) is 11.6 Å². The summed E-state index contributed by atoms with van der Waals surface area (Å²) in [4.78, 5) is 0. The molecule has 49 valence electrons. The molecule has 1 nitrogen and oxygen atoms in total. The fourth-order valence-corrected chi connectivity index (χ4v) is 0.700. The summed E-state index contributed by atoms with van der Waals surface area (Å²) >= 11 is 5.43. The van der Waals surface area contributed by atoms with Crippen molar-refractivity contribution in [3.63, 3.8) is 0 Å². The van der Waals surface area contributed by atoms with Crippen LogP contribution in [0.5, 0.6) is 0 Å². The molecule has 8 heavy (non-hydrogen) atoms. The van der Waals surface area contributed by atoms with E-state index in [0.717, 1.165) is 0 Å². The van der Waals surface area contributed by atoms with Gasteiger partial charge in [0.2, 0.25) is 0 Å². The average molecular weight is 136 g/mol.